The van der Waals surface area contributed by atoms with Gasteiger partial charge >= 0.3 is 0 Å². The van der Waals surface area contributed by atoms with Crippen LogP contribution in [0.2, 0.25) is 0 Å². The van der Waals surface area contributed by atoms with Gasteiger partial charge in [-0.05, 0) is 41.6 Å². The fourth-order valence-electron chi connectivity index (χ4n) is 2.18. The largest absolute Gasteiger partial charge is 0.316 e. The molecule has 3 heteroatoms. The first-order valence-electron chi connectivity index (χ1n) is 6.62. The van der Waals surface area contributed by atoms with Crippen molar-refractivity contribution >= 4 is 22.5 Å². The van der Waals surface area contributed by atoms with E-state index in [0.717, 1.165) is 11.6 Å². The Morgan fingerprint density at radius 3 is 2.70 bits per heavy atom. The zero-order valence-electron chi connectivity index (χ0n) is 11.3. The maximum Gasteiger partial charge on any atom is 0.105 e. The lowest BCUT2D eigenvalue weighted by atomic mass is 10.1. The molecule has 2 aromatic carbocycles. The Morgan fingerprint density at radius 1 is 1.00 bits per heavy atom. The molecule has 0 saturated carbocycles. The van der Waals surface area contributed by atoms with Crippen molar-refractivity contribution < 1.29 is 0 Å². The third-order valence-corrected chi connectivity index (χ3v) is 4.20. The van der Waals surface area contributed by atoms with E-state index in [1.807, 2.05) is 19.3 Å². The number of nitrogens with zero attached hydrogens (tertiary/aromatic N) is 1. The van der Waals surface area contributed by atoms with Gasteiger partial charge in [0.15, 0.2) is 0 Å². The van der Waals surface area contributed by atoms with Gasteiger partial charge in [0.05, 0.1) is 0 Å². The SMILES string of the molecule is CNCc1cccnc1Sc1ccc2ccccc2c1. The van der Waals surface area contributed by atoms with E-state index < -0.39 is 0 Å². The molecule has 100 valence electrons. The highest BCUT2D eigenvalue weighted by molar-refractivity contribution is 7.99. The minimum Gasteiger partial charge on any atom is -0.316 e. The average molecular weight is 280 g/mol. The smallest absolute Gasteiger partial charge is 0.105 e. The number of benzene rings is 2. The van der Waals surface area contributed by atoms with Crippen LogP contribution in [-0.4, -0.2) is 12.0 Å². The molecule has 0 radical (unpaired) electrons. The first-order valence-corrected chi connectivity index (χ1v) is 7.43. The number of aromatic nitrogens is 1. The lowest BCUT2D eigenvalue weighted by molar-refractivity contribution is 0.790. The van der Waals surface area contributed by atoms with E-state index in [4.69, 9.17) is 0 Å². The molecule has 0 atom stereocenters. The molecule has 0 amide bonds. The van der Waals surface area contributed by atoms with Crippen LogP contribution in [-0.2, 0) is 6.54 Å². The fourth-order valence-corrected chi connectivity index (χ4v) is 3.11. The molecular weight excluding hydrogens is 264 g/mol. The predicted molar refractivity (Wildman–Crippen MR) is 85.1 cm³/mol. The summed E-state index contributed by atoms with van der Waals surface area (Å²) in [6.07, 6.45) is 1.85. The van der Waals surface area contributed by atoms with E-state index in [0.29, 0.717) is 0 Å². The molecule has 20 heavy (non-hydrogen) atoms. The minimum absolute atomic E-state index is 0.837. The number of rotatable bonds is 4. The quantitative estimate of drug-likeness (QED) is 0.778. The summed E-state index contributed by atoms with van der Waals surface area (Å²) in [7, 11) is 1.96. The van der Waals surface area contributed by atoms with E-state index in [-0.39, 0.29) is 0 Å². The molecule has 2 nitrogen and oxygen atoms in total. The van der Waals surface area contributed by atoms with Crippen LogP contribution in [0.15, 0.2) is 70.7 Å². The second-order valence-electron chi connectivity index (χ2n) is 4.61. The van der Waals surface area contributed by atoms with Crippen molar-refractivity contribution in [3.8, 4) is 0 Å². The summed E-state index contributed by atoms with van der Waals surface area (Å²) in [5, 5.41) is 6.79. The first-order chi connectivity index (χ1) is 9.86. The first kappa shape index (κ1) is 13.2. The van der Waals surface area contributed by atoms with Crippen LogP contribution in [0.5, 0.6) is 0 Å². The molecule has 1 N–H and O–H groups in total. The highest BCUT2D eigenvalue weighted by Crippen LogP contribution is 2.30. The second-order valence-corrected chi connectivity index (χ2v) is 5.67. The zero-order chi connectivity index (χ0) is 13.8. The number of hydrogen-bond acceptors (Lipinski definition) is 3. The molecule has 3 rings (SSSR count). The van der Waals surface area contributed by atoms with Crippen molar-refractivity contribution in [2.45, 2.75) is 16.5 Å². The van der Waals surface area contributed by atoms with Crippen molar-refractivity contribution in [2.75, 3.05) is 7.05 Å². The number of nitrogens with one attached hydrogen (secondary N) is 1. The Kier molecular flexibility index (Phi) is 4.00. The van der Waals surface area contributed by atoms with Gasteiger partial charge in [-0.15, -0.1) is 0 Å². The van der Waals surface area contributed by atoms with E-state index >= 15 is 0 Å². The number of hydrogen-bond donors (Lipinski definition) is 1. The van der Waals surface area contributed by atoms with Gasteiger partial charge in [-0.3, -0.25) is 0 Å². The Hall–Kier alpha value is -1.84. The van der Waals surface area contributed by atoms with E-state index in [1.165, 1.54) is 21.2 Å². The second kappa shape index (κ2) is 6.07. The van der Waals surface area contributed by atoms with E-state index in [1.54, 1.807) is 11.8 Å². The molecule has 0 aliphatic carbocycles. The van der Waals surface area contributed by atoms with E-state index in [2.05, 4.69) is 58.8 Å². The fraction of sp³-hybridized carbons (Fsp3) is 0.118. The molecule has 0 unspecified atom stereocenters. The van der Waals surface area contributed by atoms with Crippen LogP contribution < -0.4 is 5.32 Å². The van der Waals surface area contributed by atoms with Crippen LogP contribution in [0.25, 0.3) is 10.8 Å². The third kappa shape index (κ3) is 2.84. The highest BCUT2D eigenvalue weighted by atomic mass is 32.2. The van der Waals surface area contributed by atoms with Crippen molar-refractivity contribution in [1.82, 2.24) is 10.3 Å². The lowest BCUT2D eigenvalue weighted by Gasteiger charge is -2.08. The normalized spacial score (nSPS) is 10.8. The van der Waals surface area contributed by atoms with Crippen LogP contribution in [0.4, 0.5) is 0 Å². The maximum absolute atomic E-state index is 4.50. The molecule has 1 aromatic heterocycles. The molecule has 0 spiro atoms. The average Bonchev–Trinajstić information content (AvgIpc) is 2.49. The van der Waals surface area contributed by atoms with Gasteiger partial charge in [0, 0.05) is 17.6 Å². The molecule has 0 fully saturated rings. The molecule has 0 saturated heterocycles. The topological polar surface area (TPSA) is 24.9 Å². The molecule has 0 aliphatic heterocycles. The Labute approximate surface area is 123 Å². The van der Waals surface area contributed by atoms with Gasteiger partial charge in [-0.2, -0.15) is 0 Å². The molecular formula is C17H16N2S. The number of pyridine rings is 1. The molecule has 3 aromatic rings. The predicted octanol–water partition coefficient (Wildman–Crippen LogP) is 4.11. The van der Waals surface area contributed by atoms with Crippen molar-refractivity contribution in [1.29, 1.82) is 0 Å². The summed E-state index contributed by atoms with van der Waals surface area (Å²) in [6, 6.07) is 19.1. The Bertz CT molecular complexity index is 725. The van der Waals surface area contributed by atoms with Crippen molar-refractivity contribution in [3.05, 3.63) is 66.4 Å². The highest BCUT2D eigenvalue weighted by Gasteiger charge is 2.05. The van der Waals surface area contributed by atoms with Gasteiger partial charge in [-0.25, -0.2) is 4.98 Å². The van der Waals surface area contributed by atoms with E-state index in [9.17, 15) is 0 Å². The maximum atomic E-state index is 4.50. The van der Waals surface area contributed by atoms with Gasteiger partial charge < -0.3 is 5.32 Å². The Morgan fingerprint density at radius 2 is 1.85 bits per heavy atom. The van der Waals surface area contributed by atoms with Gasteiger partial charge in [0.2, 0.25) is 0 Å². The van der Waals surface area contributed by atoms with Crippen molar-refractivity contribution in [3.63, 3.8) is 0 Å². The summed E-state index contributed by atoms with van der Waals surface area (Å²) < 4.78 is 0. The van der Waals surface area contributed by atoms with Gasteiger partial charge in [0.25, 0.3) is 0 Å². The van der Waals surface area contributed by atoms with Crippen LogP contribution in [0, 0.1) is 0 Å². The van der Waals surface area contributed by atoms with Gasteiger partial charge in [0.1, 0.15) is 5.03 Å². The van der Waals surface area contributed by atoms with Gasteiger partial charge in [-0.1, -0.05) is 48.2 Å². The molecule has 0 aliphatic rings. The zero-order valence-corrected chi connectivity index (χ0v) is 12.2. The summed E-state index contributed by atoms with van der Waals surface area (Å²) in [5.41, 5.74) is 1.23. The number of fused-ring (bicyclic) bond motifs is 1. The lowest BCUT2D eigenvalue weighted by Crippen LogP contribution is -2.06. The summed E-state index contributed by atoms with van der Waals surface area (Å²) in [6.45, 7) is 0.837. The minimum atomic E-state index is 0.837. The standard InChI is InChI=1S/C17H16N2S/c1-18-12-15-7-4-10-19-17(15)20-16-9-8-13-5-2-3-6-14(13)11-16/h2-11,18H,12H2,1H3. The monoisotopic (exact) mass is 280 g/mol. The van der Waals surface area contributed by atoms with Crippen LogP contribution in [0.1, 0.15) is 5.56 Å². The van der Waals surface area contributed by atoms with Crippen LogP contribution >= 0.6 is 11.8 Å². The Balaban J connectivity index is 1.93. The molecule has 0 bridgehead atoms. The van der Waals surface area contributed by atoms with Crippen molar-refractivity contribution in [2.24, 2.45) is 0 Å². The summed E-state index contributed by atoms with van der Waals surface area (Å²) in [4.78, 5) is 5.72. The summed E-state index contributed by atoms with van der Waals surface area (Å²) >= 11 is 1.72. The third-order valence-electron chi connectivity index (χ3n) is 3.15. The molecule has 1 heterocycles. The van der Waals surface area contributed by atoms with Crippen LogP contribution in [0.3, 0.4) is 0 Å². The summed E-state index contributed by atoms with van der Waals surface area (Å²) in [5.74, 6) is 0.